The van der Waals surface area contributed by atoms with Crippen molar-refractivity contribution in [3.8, 4) is 5.75 Å². The van der Waals surface area contributed by atoms with Crippen molar-refractivity contribution in [1.29, 1.82) is 0 Å². The Morgan fingerprint density at radius 3 is 2.57 bits per heavy atom. The molecule has 21 heavy (non-hydrogen) atoms. The Labute approximate surface area is 125 Å². The number of hydrogen-bond acceptors (Lipinski definition) is 4. The summed E-state index contributed by atoms with van der Waals surface area (Å²) in [4.78, 5) is 10.5. The third kappa shape index (κ3) is 4.71. The summed E-state index contributed by atoms with van der Waals surface area (Å²) >= 11 is 0. The van der Waals surface area contributed by atoms with E-state index in [-0.39, 0.29) is 18.6 Å². The van der Waals surface area contributed by atoms with Crippen LogP contribution in [0.5, 0.6) is 5.75 Å². The molecule has 1 N–H and O–H groups in total. The number of ether oxygens (including phenoxy) is 1. The molecule has 118 valence electrons. The lowest BCUT2D eigenvalue weighted by atomic mass is 10.1. The topological polar surface area (TPSA) is 83.9 Å². The first-order valence-corrected chi connectivity index (χ1v) is 8.21. The van der Waals surface area contributed by atoms with Crippen LogP contribution < -0.4 is 4.74 Å². The highest BCUT2D eigenvalue weighted by Crippen LogP contribution is 2.29. The molecule has 1 aromatic rings. The predicted octanol–water partition coefficient (Wildman–Crippen LogP) is 1.88. The van der Waals surface area contributed by atoms with Gasteiger partial charge in [-0.25, -0.2) is 8.42 Å². The minimum absolute atomic E-state index is 0.0979. The Balaban J connectivity index is 2.85. The molecule has 1 atom stereocenters. The van der Waals surface area contributed by atoms with Crippen molar-refractivity contribution in [2.45, 2.75) is 25.8 Å². The molecule has 0 fully saturated rings. The third-order valence-electron chi connectivity index (χ3n) is 3.37. The smallest absolute Gasteiger partial charge is 0.303 e. The Bertz CT molecular complexity index is 585. The van der Waals surface area contributed by atoms with E-state index < -0.39 is 22.0 Å². The fourth-order valence-electron chi connectivity index (χ4n) is 2.00. The summed E-state index contributed by atoms with van der Waals surface area (Å²) in [5.74, 6) is -0.557. The Morgan fingerprint density at radius 2 is 2.00 bits per heavy atom. The number of rotatable bonds is 8. The Kier molecular flexibility index (Phi) is 6.17. The van der Waals surface area contributed by atoms with Crippen LogP contribution in [0.3, 0.4) is 0 Å². The molecular formula is C14H21NO5S. The molecule has 7 heteroatoms. The average Bonchev–Trinajstić information content (AvgIpc) is 2.45. The molecular weight excluding hydrogens is 294 g/mol. The molecule has 0 aliphatic rings. The molecule has 1 aromatic carbocycles. The van der Waals surface area contributed by atoms with E-state index in [0.717, 1.165) is 5.56 Å². The van der Waals surface area contributed by atoms with Crippen LogP contribution in [-0.4, -0.2) is 43.7 Å². The van der Waals surface area contributed by atoms with Crippen molar-refractivity contribution in [3.63, 3.8) is 0 Å². The maximum absolute atomic E-state index is 12.2. The number of nitrogens with zero attached hydrogens (tertiary/aromatic N) is 1. The Hall–Kier alpha value is -1.60. The van der Waals surface area contributed by atoms with Crippen LogP contribution in [0.4, 0.5) is 0 Å². The summed E-state index contributed by atoms with van der Waals surface area (Å²) < 4.78 is 30.9. The van der Waals surface area contributed by atoms with E-state index in [1.165, 1.54) is 18.5 Å². The van der Waals surface area contributed by atoms with E-state index in [0.29, 0.717) is 5.75 Å². The van der Waals surface area contributed by atoms with Crippen LogP contribution in [0.25, 0.3) is 0 Å². The van der Waals surface area contributed by atoms with Crippen molar-refractivity contribution in [1.82, 2.24) is 4.31 Å². The minimum Gasteiger partial charge on any atom is -0.496 e. The second-order valence-corrected chi connectivity index (χ2v) is 6.90. The zero-order valence-corrected chi connectivity index (χ0v) is 13.3. The minimum atomic E-state index is -3.51. The van der Waals surface area contributed by atoms with Gasteiger partial charge in [-0.1, -0.05) is 18.2 Å². The van der Waals surface area contributed by atoms with Gasteiger partial charge in [0.15, 0.2) is 0 Å². The second-order valence-electron chi connectivity index (χ2n) is 4.75. The fourth-order valence-corrected chi connectivity index (χ4v) is 3.39. The molecule has 1 unspecified atom stereocenters. The summed E-state index contributed by atoms with van der Waals surface area (Å²) in [5.41, 5.74) is 0.768. The normalized spacial score (nSPS) is 13.1. The van der Waals surface area contributed by atoms with Crippen molar-refractivity contribution in [2.75, 3.05) is 19.9 Å². The maximum atomic E-state index is 12.2. The number of para-hydroxylation sites is 1. The largest absolute Gasteiger partial charge is 0.496 e. The summed E-state index contributed by atoms with van der Waals surface area (Å²) in [6.07, 6.45) is -0.0588. The zero-order chi connectivity index (χ0) is 16.0. The van der Waals surface area contributed by atoms with Crippen LogP contribution in [0.1, 0.15) is 31.4 Å². The SMILES string of the molecule is COc1ccccc1C(C)N(C)S(=O)(=O)CCCC(=O)O. The molecule has 0 aliphatic carbocycles. The highest BCUT2D eigenvalue weighted by Gasteiger charge is 2.25. The third-order valence-corrected chi connectivity index (χ3v) is 5.36. The van der Waals surface area contributed by atoms with E-state index in [4.69, 9.17) is 9.84 Å². The van der Waals surface area contributed by atoms with Gasteiger partial charge in [-0.15, -0.1) is 0 Å². The summed E-state index contributed by atoms with van der Waals surface area (Å²) in [7, 11) is -0.486. The van der Waals surface area contributed by atoms with Gasteiger partial charge in [0.05, 0.1) is 18.9 Å². The molecule has 0 radical (unpaired) electrons. The summed E-state index contributed by atoms with van der Waals surface area (Å²) in [6, 6.07) is 6.83. The maximum Gasteiger partial charge on any atom is 0.303 e. The summed E-state index contributed by atoms with van der Waals surface area (Å²) in [6.45, 7) is 1.77. The van der Waals surface area contributed by atoms with Gasteiger partial charge in [0.25, 0.3) is 0 Å². The van der Waals surface area contributed by atoms with Crippen LogP contribution in [0, 0.1) is 0 Å². The van der Waals surface area contributed by atoms with Crippen LogP contribution in [0.2, 0.25) is 0 Å². The van der Waals surface area contributed by atoms with Crippen molar-refractivity contribution >= 4 is 16.0 Å². The van der Waals surface area contributed by atoms with E-state index in [1.807, 2.05) is 18.2 Å². The number of hydrogen-bond donors (Lipinski definition) is 1. The van der Waals surface area contributed by atoms with E-state index in [1.54, 1.807) is 13.0 Å². The lowest BCUT2D eigenvalue weighted by Crippen LogP contribution is -2.32. The van der Waals surface area contributed by atoms with Crippen molar-refractivity contribution < 1.29 is 23.1 Å². The lowest BCUT2D eigenvalue weighted by Gasteiger charge is -2.25. The van der Waals surface area contributed by atoms with E-state index in [2.05, 4.69) is 0 Å². The molecule has 6 nitrogen and oxygen atoms in total. The first kappa shape index (κ1) is 17.5. The van der Waals surface area contributed by atoms with E-state index in [9.17, 15) is 13.2 Å². The zero-order valence-electron chi connectivity index (χ0n) is 12.4. The Morgan fingerprint density at radius 1 is 1.38 bits per heavy atom. The molecule has 0 saturated carbocycles. The monoisotopic (exact) mass is 315 g/mol. The summed E-state index contributed by atoms with van der Waals surface area (Å²) in [5, 5.41) is 8.58. The molecule has 0 heterocycles. The molecule has 0 bridgehead atoms. The van der Waals surface area contributed by atoms with Crippen LogP contribution >= 0.6 is 0 Å². The van der Waals surface area contributed by atoms with Gasteiger partial charge >= 0.3 is 5.97 Å². The van der Waals surface area contributed by atoms with Gasteiger partial charge in [-0.05, 0) is 19.4 Å². The quantitative estimate of drug-likeness (QED) is 0.792. The number of carbonyl (C=O) groups is 1. The van der Waals surface area contributed by atoms with E-state index >= 15 is 0 Å². The standard InChI is InChI=1S/C14H21NO5S/c1-11(12-7-4-5-8-13(12)20-3)15(2)21(18,19)10-6-9-14(16)17/h4-5,7-8,11H,6,9-10H2,1-3H3,(H,16,17). The van der Waals surface area contributed by atoms with Crippen LogP contribution in [-0.2, 0) is 14.8 Å². The number of benzene rings is 1. The molecule has 0 saturated heterocycles. The van der Waals surface area contributed by atoms with Crippen molar-refractivity contribution in [2.24, 2.45) is 0 Å². The predicted molar refractivity (Wildman–Crippen MR) is 79.8 cm³/mol. The number of carboxylic acid groups (broad SMARTS) is 1. The number of aliphatic carboxylic acids is 1. The van der Waals surface area contributed by atoms with Crippen molar-refractivity contribution in [3.05, 3.63) is 29.8 Å². The fraction of sp³-hybridized carbons (Fsp3) is 0.500. The van der Waals surface area contributed by atoms with Gasteiger partial charge < -0.3 is 9.84 Å². The first-order chi connectivity index (χ1) is 9.79. The second kappa shape index (κ2) is 7.42. The lowest BCUT2D eigenvalue weighted by molar-refractivity contribution is -0.137. The van der Waals surface area contributed by atoms with Gasteiger partial charge in [0, 0.05) is 19.0 Å². The molecule has 0 spiro atoms. The van der Waals surface area contributed by atoms with Crippen LogP contribution in [0.15, 0.2) is 24.3 Å². The highest BCUT2D eigenvalue weighted by molar-refractivity contribution is 7.89. The number of methoxy groups -OCH3 is 1. The average molecular weight is 315 g/mol. The number of sulfonamides is 1. The molecule has 0 aliphatic heterocycles. The number of carboxylic acids is 1. The van der Waals surface area contributed by atoms with Gasteiger partial charge in [0.2, 0.25) is 10.0 Å². The molecule has 0 amide bonds. The first-order valence-electron chi connectivity index (χ1n) is 6.60. The van der Waals surface area contributed by atoms with Gasteiger partial charge in [-0.3, -0.25) is 4.79 Å². The highest BCUT2D eigenvalue weighted by atomic mass is 32.2. The molecule has 0 aromatic heterocycles. The van der Waals surface area contributed by atoms with Gasteiger partial charge in [-0.2, -0.15) is 4.31 Å². The molecule has 1 rings (SSSR count). The van der Waals surface area contributed by atoms with Gasteiger partial charge in [0.1, 0.15) is 5.75 Å².